The lowest BCUT2D eigenvalue weighted by Gasteiger charge is -2.36. The number of nitrogens with two attached hydrogens (primary N) is 1. The minimum Gasteiger partial charge on any atom is -0.365 e. The first-order valence-electron chi connectivity index (χ1n) is 6.49. The average Bonchev–Trinajstić information content (AvgIpc) is 2.72. The van der Waals surface area contributed by atoms with Crippen molar-refractivity contribution in [3.63, 3.8) is 0 Å². The number of aryl methyl sites for hydroxylation is 2. The summed E-state index contributed by atoms with van der Waals surface area (Å²) < 4.78 is 1.61. The van der Waals surface area contributed by atoms with E-state index in [2.05, 4.69) is 15.7 Å². The molecule has 1 aromatic rings. The molecule has 1 aliphatic rings. The van der Waals surface area contributed by atoms with Crippen molar-refractivity contribution in [2.75, 3.05) is 31.6 Å². The lowest BCUT2D eigenvalue weighted by atomic mass is 10.1. The molecule has 1 saturated heterocycles. The predicted molar refractivity (Wildman–Crippen MR) is 74.5 cm³/mol. The molecule has 110 valence electrons. The van der Waals surface area contributed by atoms with Crippen LogP contribution in [0.3, 0.4) is 0 Å². The van der Waals surface area contributed by atoms with Crippen molar-refractivity contribution in [2.45, 2.75) is 13.0 Å². The highest BCUT2D eigenvalue weighted by atomic mass is 16.2. The third-order valence-corrected chi connectivity index (χ3v) is 3.50. The van der Waals surface area contributed by atoms with Crippen LogP contribution in [0.15, 0.2) is 0 Å². The van der Waals surface area contributed by atoms with Gasteiger partial charge < -0.3 is 21.3 Å². The van der Waals surface area contributed by atoms with Crippen LogP contribution in [-0.2, 0) is 11.8 Å². The number of anilines is 1. The van der Waals surface area contributed by atoms with Gasteiger partial charge >= 0.3 is 0 Å². The van der Waals surface area contributed by atoms with Gasteiger partial charge in [-0.3, -0.25) is 14.3 Å². The number of rotatable bonds is 3. The molecule has 2 amide bonds. The van der Waals surface area contributed by atoms with Crippen LogP contribution in [0.25, 0.3) is 0 Å². The predicted octanol–water partition coefficient (Wildman–Crippen LogP) is -1.65. The number of likely N-dealkylation sites (N-methyl/N-ethyl adjacent to an activating group) is 1. The molecule has 0 bridgehead atoms. The van der Waals surface area contributed by atoms with Gasteiger partial charge in [-0.1, -0.05) is 0 Å². The third kappa shape index (κ3) is 2.34. The Bertz CT molecular complexity index is 538. The van der Waals surface area contributed by atoms with E-state index < -0.39 is 5.91 Å². The molecule has 4 N–H and O–H groups in total. The summed E-state index contributed by atoms with van der Waals surface area (Å²) >= 11 is 0. The Kier molecular flexibility index (Phi) is 3.93. The lowest BCUT2D eigenvalue weighted by Crippen LogP contribution is -2.58. The zero-order chi connectivity index (χ0) is 14.9. The molecule has 0 saturated carbocycles. The largest absolute Gasteiger partial charge is 0.365 e. The lowest BCUT2D eigenvalue weighted by molar-refractivity contribution is -0.122. The molecule has 2 rings (SSSR count). The van der Waals surface area contributed by atoms with Crippen molar-refractivity contribution in [3.05, 3.63) is 11.3 Å². The van der Waals surface area contributed by atoms with Crippen LogP contribution in [0.5, 0.6) is 0 Å². The zero-order valence-corrected chi connectivity index (χ0v) is 11.9. The van der Waals surface area contributed by atoms with Gasteiger partial charge in [0.15, 0.2) is 0 Å². The van der Waals surface area contributed by atoms with Crippen molar-refractivity contribution >= 4 is 17.6 Å². The number of carbonyl (C=O) groups excluding carboxylic acids is 2. The molecule has 0 radical (unpaired) electrons. The number of aromatic nitrogens is 2. The Labute approximate surface area is 117 Å². The van der Waals surface area contributed by atoms with E-state index in [-0.39, 0.29) is 11.9 Å². The summed E-state index contributed by atoms with van der Waals surface area (Å²) in [6.45, 7) is 3.59. The van der Waals surface area contributed by atoms with Crippen molar-refractivity contribution in [1.82, 2.24) is 20.4 Å². The number of nitrogens with zero attached hydrogens (tertiary/aromatic N) is 3. The van der Waals surface area contributed by atoms with Crippen molar-refractivity contribution < 1.29 is 9.59 Å². The van der Waals surface area contributed by atoms with E-state index in [1.807, 2.05) is 4.90 Å². The normalized spacial score (nSPS) is 18.9. The number of carbonyl (C=O) groups is 2. The maximum Gasteiger partial charge on any atom is 0.254 e. The Balaban J connectivity index is 2.47. The second-order valence-electron chi connectivity index (χ2n) is 4.80. The van der Waals surface area contributed by atoms with E-state index in [0.29, 0.717) is 30.2 Å². The van der Waals surface area contributed by atoms with E-state index in [9.17, 15) is 9.59 Å². The molecule has 1 aromatic heterocycles. The Morgan fingerprint density at radius 2 is 2.20 bits per heavy atom. The van der Waals surface area contributed by atoms with Crippen LogP contribution < -0.4 is 21.3 Å². The molecule has 2 heterocycles. The zero-order valence-electron chi connectivity index (χ0n) is 11.9. The molecule has 8 nitrogen and oxygen atoms in total. The first-order chi connectivity index (χ1) is 9.47. The van der Waals surface area contributed by atoms with Crippen molar-refractivity contribution in [2.24, 2.45) is 12.8 Å². The average molecular weight is 280 g/mol. The summed E-state index contributed by atoms with van der Waals surface area (Å²) in [6, 6.07) is -0.387. The van der Waals surface area contributed by atoms with Gasteiger partial charge in [0.2, 0.25) is 5.91 Å². The number of primary amides is 1. The van der Waals surface area contributed by atoms with Gasteiger partial charge in [-0.15, -0.1) is 0 Å². The molecule has 0 spiro atoms. The van der Waals surface area contributed by atoms with Crippen LogP contribution in [0.2, 0.25) is 0 Å². The van der Waals surface area contributed by atoms with Gasteiger partial charge in [0, 0.05) is 33.7 Å². The van der Waals surface area contributed by atoms with Gasteiger partial charge in [0.1, 0.15) is 17.4 Å². The highest BCUT2D eigenvalue weighted by Gasteiger charge is 2.33. The molecular weight excluding hydrogens is 260 g/mol. The number of amides is 2. The van der Waals surface area contributed by atoms with Gasteiger partial charge in [0.05, 0.1) is 5.69 Å². The van der Waals surface area contributed by atoms with Gasteiger partial charge in [-0.25, -0.2) is 0 Å². The van der Waals surface area contributed by atoms with Gasteiger partial charge in [0.25, 0.3) is 5.91 Å². The van der Waals surface area contributed by atoms with Crippen molar-refractivity contribution in [3.8, 4) is 0 Å². The summed E-state index contributed by atoms with van der Waals surface area (Å²) in [4.78, 5) is 25.6. The van der Waals surface area contributed by atoms with Crippen LogP contribution in [-0.4, -0.2) is 54.3 Å². The van der Waals surface area contributed by atoms with E-state index in [4.69, 9.17) is 5.73 Å². The molecule has 1 fully saturated rings. The fourth-order valence-electron chi connectivity index (χ4n) is 2.62. The van der Waals surface area contributed by atoms with E-state index in [1.54, 1.807) is 25.7 Å². The summed E-state index contributed by atoms with van der Waals surface area (Å²) in [5.41, 5.74) is 6.41. The molecule has 1 atom stereocenters. The van der Waals surface area contributed by atoms with E-state index in [1.165, 1.54) is 0 Å². The van der Waals surface area contributed by atoms with Crippen molar-refractivity contribution in [1.29, 1.82) is 0 Å². The third-order valence-electron chi connectivity index (χ3n) is 3.50. The highest BCUT2D eigenvalue weighted by molar-refractivity contribution is 6.00. The minimum absolute atomic E-state index is 0.105. The standard InChI is InChI=1S/C12H20N6O2/c1-7-9(10(13)19)12(17(3)16-7)18-5-4-15-6-8(18)11(20)14-2/h8,15H,4-6H2,1-3H3,(H2,13,19)(H,14,20). The minimum atomic E-state index is -0.528. The Hall–Kier alpha value is -2.09. The van der Waals surface area contributed by atoms with Crippen LogP contribution in [0, 0.1) is 6.92 Å². The molecule has 1 aliphatic heterocycles. The van der Waals surface area contributed by atoms with Crippen LogP contribution in [0.1, 0.15) is 16.1 Å². The molecule has 0 aromatic carbocycles. The quantitative estimate of drug-likeness (QED) is 0.615. The van der Waals surface area contributed by atoms with Crippen LogP contribution in [0.4, 0.5) is 5.82 Å². The molecule has 8 heteroatoms. The summed E-state index contributed by atoms with van der Waals surface area (Å²) in [7, 11) is 3.34. The molecule has 1 unspecified atom stereocenters. The van der Waals surface area contributed by atoms with Gasteiger partial charge in [-0.05, 0) is 6.92 Å². The summed E-state index contributed by atoms with van der Waals surface area (Å²) in [5.74, 6) is -0.0311. The topological polar surface area (TPSA) is 105 Å². The second-order valence-corrected chi connectivity index (χ2v) is 4.80. The smallest absolute Gasteiger partial charge is 0.254 e. The maximum atomic E-state index is 12.0. The number of hydrogen-bond donors (Lipinski definition) is 3. The van der Waals surface area contributed by atoms with Gasteiger partial charge in [-0.2, -0.15) is 5.10 Å². The number of hydrogen-bond acceptors (Lipinski definition) is 5. The maximum absolute atomic E-state index is 12.0. The first kappa shape index (κ1) is 14.3. The van der Waals surface area contributed by atoms with E-state index in [0.717, 1.165) is 6.54 Å². The fraction of sp³-hybridized carbons (Fsp3) is 0.583. The number of piperazine rings is 1. The number of nitrogens with one attached hydrogen (secondary N) is 2. The second kappa shape index (κ2) is 5.49. The molecule has 20 heavy (non-hydrogen) atoms. The Morgan fingerprint density at radius 3 is 2.80 bits per heavy atom. The summed E-state index contributed by atoms with van der Waals surface area (Å²) in [6.07, 6.45) is 0. The first-order valence-corrected chi connectivity index (χ1v) is 6.49. The summed E-state index contributed by atoms with van der Waals surface area (Å²) in [5, 5.41) is 10.1. The Morgan fingerprint density at radius 1 is 1.50 bits per heavy atom. The fourth-order valence-corrected chi connectivity index (χ4v) is 2.62. The molecule has 0 aliphatic carbocycles. The molecular formula is C12H20N6O2. The SMILES string of the molecule is CNC(=O)C1CNCCN1c1c(C(N)=O)c(C)nn1C. The van der Waals surface area contributed by atoms with Crippen LogP contribution >= 0.6 is 0 Å². The highest BCUT2D eigenvalue weighted by Crippen LogP contribution is 2.25. The van der Waals surface area contributed by atoms with E-state index >= 15 is 0 Å². The monoisotopic (exact) mass is 280 g/mol.